The number of anilines is 1. The summed E-state index contributed by atoms with van der Waals surface area (Å²) in [5.74, 6) is -1.71. The lowest BCUT2D eigenvalue weighted by atomic mass is 10.2. The summed E-state index contributed by atoms with van der Waals surface area (Å²) in [6.07, 6.45) is 4.25. The van der Waals surface area contributed by atoms with Gasteiger partial charge >= 0.3 is 0 Å². The molecule has 0 aliphatic carbocycles. The average Bonchev–Trinajstić information content (AvgIpc) is 3.12. The first kappa shape index (κ1) is 19.1. The number of hydrogen-bond acceptors (Lipinski definition) is 5. The minimum absolute atomic E-state index is 0.134. The van der Waals surface area contributed by atoms with E-state index in [1.54, 1.807) is 30.3 Å². The SMILES string of the molecule is CC1N=C(OCc2ccc(F)cc2F)C(Cl)=CN1c1ccn(C(=O)CO)c1. The Labute approximate surface area is 158 Å². The Balaban J connectivity index is 1.72. The Kier molecular flexibility index (Phi) is 5.57. The van der Waals surface area contributed by atoms with Crippen LogP contribution in [0.1, 0.15) is 17.3 Å². The van der Waals surface area contributed by atoms with E-state index in [0.29, 0.717) is 5.69 Å². The lowest BCUT2D eigenvalue weighted by molar-refractivity contribution is 0.0819. The second-order valence-corrected chi connectivity index (χ2v) is 6.21. The monoisotopic (exact) mass is 395 g/mol. The maximum Gasteiger partial charge on any atom is 0.256 e. The summed E-state index contributed by atoms with van der Waals surface area (Å²) in [4.78, 5) is 17.6. The van der Waals surface area contributed by atoms with Gasteiger partial charge in [-0.25, -0.2) is 13.8 Å². The number of aliphatic hydroxyl groups excluding tert-OH is 1. The van der Waals surface area contributed by atoms with Gasteiger partial charge in [-0.1, -0.05) is 11.6 Å². The maximum atomic E-state index is 13.7. The molecular formula is C18H16ClF2N3O3. The van der Waals surface area contributed by atoms with Gasteiger partial charge in [0.05, 0.1) is 5.69 Å². The molecule has 0 radical (unpaired) electrons. The third-order valence-electron chi connectivity index (χ3n) is 3.94. The molecule has 1 atom stereocenters. The topological polar surface area (TPSA) is 67.1 Å². The highest BCUT2D eigenvalue weighted by Gasteiger charge is 2.23. The van der Waals surface area contributed by atoms with Gasteiger partial charge in [0.15, 0.2) is 0 Å². The summed E-state index contributed by atoms with van der Waals surface area (Å²) in [6.45, 7) is 1.03. The van der Waals surface area contributed by atoms with Crippen LogP contribution >= 0.6 is 11.6 Å². The zero-order valence-electron chi connectivity index (χ0n) is 14.3. The van der Waals surface area contributed by atoms with Crippen molar-refractivity contribution in [1.82, 2.24) is 4.57 Å². The van der Waals surface area contributed by atoms with Gasteiger partial charge in [0.25, 0.3) is 5.91 Å². The molecule has 2 heterocycles. The highest BCUT2D eigenvalue weighted by atomic mass is 35.5. The summed E-state index contributed by atoms with van der Waals surface area (Å²) >= 11 is 6.22. The van der Waals surface area contributed by atoms with Gasteiger partial charge in [-0.3, -0.25) is 9.36 Å². The standard InChI is InChI=1S/C18H16ClF2N3O3/c1-11-22-18(27-10-12-2-3-13(20)6-16(12)21)15(19)8-24(11)14-4-5-23(7-14)17(26)9-25/h2-8,11,25H,9-10H2,1H3. The van der Waals surface area contributed by atoms with Crippen LogP contribution in [-0.2, 0) is 11.3 Å². The van der Waals surface area contributed by atoms with Crippen LogP contribution in [0, 0.1) is 11.6 Å². The van der Waals surface area contributed by atoms with E-state index in [9.17, 15) is 13.6 Å². The van der Waals surface area contributed by atoms with E-state index in [2.05, 4.69) is 4.99 Å². The van der Waals surface area contributed by atoms with Crippen LogP contribution in [0.4, 0.5) is 14.5 Å². The molecule has 1 aromatic heterocycles. The highest BCUT2D eigenvalue weighted by Crippen LogP contribution is 2.26. The van der Waals surface area contributed by atoms with Gasteiger partial charge in [0, 0.05) is 30.2 Å². The van der Waals surface area contributed by atoms with Crippen molar-refractivity contribution in [2.24, 2.45) is 4.99 Å². The van der Waals surface area contributed by atoms with Crippen LogP contribution in [0.5, 0.6) is 0 Å². The van der Waals surface area contributed by atoms with Crippen LogP contribution in [0.25, 0.3) is 0 Å². The van der Waals surface area contributed by atoms with Crippen molar-refractivity contribution in [2.45, 2.75) is 19.7 Å². The van der Waals surface area contributed by atoms with Crippen LogP contribution < -0.4 is 4.90 Å². The fourth-order valence-corrected chi connectivity index (χ4v) is 2.74. The number of aromatic nitrogens is 1. The summed E-state index contributed by atoms with van der Waals surface area (Å²) < 4.78 is 33.4. The molecule has 27 heavy (non-hydrogen) atoms. The molecule has 142 valence electrons. The van der Waals surface area contributed by atoms with Gasteiger partial charge in [0.1, 0.15) is 36.0 Å². The van der Waals surface area contributed by atoms with Crippen molar-refractivity contribution in [1.29, 1.82) is 0 Å². The Morgan fingerprint density at radius 3 is 2.85 bits per heavy atom. The van der Waals surface area contributed by atoms with Gasteiger partial charge in [-0.05, 0) is 25.1 Å². The molecule has 1 aliphatic heterocycles. The molecule has 6 nitrogen and oxygen atoms in total. The van der Waals surface area contributed by atoms with E-state index in [1.807, 2.05) is 0 Å². The molecule has 1 unspecified atom stereocenters. The summed E-state index contributed by atoms with van der Waals surface area (Å²) in [6, 6.07) is 4.90. The largest absolute Gasteiger partial charge is 0.472 e. The second-order valence-electron chi connectivity index (χ2n) is 5.80. The fourth-order valence-electron chi connectivity index (χ4n) is 2.53. The molecule has 0 bridgehead atoms. The number of aliphatic imine (C=N–C) groups is 1. The lowest BCUT2D eigenvalue weighted by Gasteiger charge is -2.28. The number of benzene rings is 1. The Morgan fingerprint density at radius 1 is 1.37 bits per heavy atom. The van der Waals surface area contributed by atoms with E-state index in [0.717, 1.165) is 12.1 Å². The molecule has 0 saturated carbocycles. The molecule has 0 saturated heterocycles. The van der Waals surface area contributed by atoms with Crippen LogP contribution in [0.3, 0.4) is 0 Å². The summed E-state index contributed by atoms with van der Waals surface area (Å²) in [5, 5.41) is 9.11. The maximum absolute atomic E-state index is 13.7. The van der Waals surface area contributed by atoms with E-state index >= 15 is 0 Å². The molecule has 0 fully saturated rings. The van der Waals surface area contributed by atoms with E-state index < -0.39 is 30.3 Å². The van der Waals surface area contributed by atoms with Crippen molar-refractivity contribution in [3.05, 3.63) is 65.1 Å². The van der Waals surface area contributed by atoms with Crippen LogP contribution in [0.15, 0.2) is 52.9 Å². The second kappa shape index (κ2) is 7.89. The molecule has 0 amide bonds. The number of carbonyl (C=O) groups excluding carboxylic acids is 1. The number of carbonyl (C=O) groups is 1. The smallest absolute Gasteiger partial charge is 0.256 e. The minimum atomic E-state index is -0.712. The van der Waals surface area contributed by atoms with Crippen molar-refractivity contribution in [3.8, 4) is 0 Å². The lowest BCUT2D eigenvalue weighted by Crippen LogP contribution is -2.32. The van der Waals surface area contributed by atoms with E-state index in [4.69, 9.17) is 21.4 Å². The number of halogens is 3. The first-order valence-electron chi connectivity index (χ1n) is 8.01. The first-order chi connectivity index (χ1) is 12.9. The van der Waals surface area contributed by atoms with E-state index in [-0.39, 0.29) is 23.1 Å². The van der Waals surface area contributed by atoms with Gasteiger partial charge in [-0.2, -0.15) is 0 Å². The van der Waals surface area contributed by atoms with Crippen molar-refractivity contribution in [2.75, 3.05) is 11.5 Å². The van der Waals surface area contributed by atoms with Gasteiger partial charge < -0.3 is 14.7 Å². The third kappa shape index (κ3) is 4.17. The van der Waals surface area contributed by atoms with Crippen LogP contribution in [-0.4, -0.2) is 34.3 Å². The molecule has 1 aromatic carbocycles. The van der Waals surface area contributed by atoms with Crippen molar-refractivity contribution < 1.29 is 23.4 Å². The Morgan fingerprint density at radius 2 is 2.15 bits per heavy atom. The number of aliphatic hydroxyl groups is 1. The fraction of sp³-hybridized carbons (Fsp3) is 0.222. The number of hydrogen-bond donors (Lipinski definition) is 1. The zero-order valence-corrected chi connectivity index (χ0v) is 15.0. The third-order valence-corrected chi connectivity index (χ3v) is 4.20. The molecule has 1 aliphatic rings. The van der Waals surface area contributed by atoms with Crippen LogP contribution in [0.2, 0.25) is 0 Å². The number of ether oxygens (including phenoxy) is 1. The molecule has 0 spiro atoms. The highest BCUT2D eigenvalue weighted by molar-refractivity contribution is 6.42. The zero-order chi connectivity index (χ0) is 19.6. The summed E-state index contributed by atoms with van der Waals surface area (Å²) in [7, 11) is 0. The Hall–Kier alpha value is -2.71. The number of nitrogens with zero attached hydrogens (tertiary/aromatic N) is 3. The first-order valence-corrected chi connectivity index (χ1v) is 8.39. The quantitative estimate of drug-likeness (QED) is 0.862. The predicted molar refractivity (Wildman–Crippen MR) is 96.6 cm³/mol. The normalized spacial score (nSPS) is 16.8. The van der Waals surface area contributed by atoms with Crippen molar-refractivity contribution in [3.63, 3.8) is 0 Å². The van der Waals surface area contributed by atoms with Gasteiger partial charge in [0.2, 0.25) is 5.90 Å². The molecular weight excluding hydrogens is 380 g/mol. The predicted octanol–water partition coefficient (Wildman–Crippen LogP) is 3.26. The summed E-state index contributed by atoms with van der Waals surface area (Å²) in [5.41, 5.74) is 0.827. The van der Waals surface area contributed by atoms with Gasteiger partial charge in [-0.15, -0.1) is 0 Å². The van der Waals surface area contributed by atoms with E-state index in [1.165, 1.54) is 16.8 Å². The molecule has 2 aromatic rings. The molecule has 1 N–H and O–H groups in total. The molecule has 3 rings (SSSR count). The Bertz CT molecular complexity index is 926. The van der Waals surface area contributed by atoms with Crippen molar-refractivity contribution >= 4 is 29.1 Å². The molecule has 9 heteroatoms. The average molecular weight is 396 g/mol. The number of rotatable bonds is 4. The minimum Gasteiger partial charge on any atom is -0.472 e.